The Labute approximate surface area is 114 Å². The van der Waals surface area contributed by atoms with Crippen LogP contribution < -0.4 is 10.1 Å². The fraction of sp³-hybridized carbons (Fsp3) is 0.600. The molecule has 4 heteroatoms. The number of hydrogen-bond acceptors (Lipinski definition) is 3. The molecule has 3 nitrogen and oxygen atoms in total. The van der Waals surface area contributed by atoms with Crippen molar-refractivity contribution in [2.45, 2.75) is 31.8 Å². The highest BCUT2D eigenvalue weighted by Gasteiger charge is 2.22. The van der Waals surface area contributed by atoms with E-state index >= 15 is 0 Å². The van der Waals surface area contributed by atoms with Gasteiger partial charge in [-0.05, 0) is 32.5 Å². The van der Waals surface area contributed by atoms with E-state index in [1.807, 2.05) is 19.2 Å². The summed E-state index contributed by atoms with van der Waals surface area (Å²) in [7, 11) is 3.53. The van der Waals surface area contributed by atoms with Crippen LogP contribution in [0.25, 0.3) is 0 Å². The van der Waals surface area contributed by atoms with Gasteiger partial charge in [0.15, 0.2) is 0 Å². The molecule has 1 saturated heterocycles. The lowest BCUT2D eigenvalue weighted by molar-refractivity contribution is 0.137. The predicted octanol–water partition coefficient (Wildman–Crippen LogP) is 2.41. The minimum absolute atomic E-state index is 0.173. The standard InChI is InChI=1S/C15H23FN2O/c1-17-10-13-5-3-4-8-18(13)11-12-6-7-14(19-2)9-15(12)16/h6-7,9,13,17H,3-5,8,10-11H2,1-2H3. The van der Waals surface area contributed by atoms with Gasteiger partial charge in [0.05, 0.1) is 7.11 Å². The molecule has 1 aromatic rings. The van der Waals surface area contributed by atoms with Gasteiger partial charge in [-0.2, -0.15) is 0 Å². The second-order valence-electron chi connectivity index (χ2n) is 5.14. The molecule has 1 fully saturated rings. The van der Waals surface area contributed by atoms with Crippen LogP contribution in [-0.2, 0) is 6.54 Å². The highest BCUT2D eigenvalue weighted by molar-refractivity contribution is 5.28. The minimum Gasteiger partial charge on any atom is -0.497 e. The molecule has 1 unspecified atom stereocenters. The summed E-state index contributed by atoms with van der Waals surface area (Å²) in [6.45, 7) is 2.71. The minimum atomic E-state index is -0.173. The van der Waals surface area contributed by atoms with Crippen molar-refractivity contribution in [1.82, 2.24) is 10.2 Å². The zero-order valence-corrected chi connectivity index (χ0v) is 11.8. The molecule has 0 radical (unpaired) electrons. The Balaban J connectivity index is 2.06. The molecule has 19 heavy (non-hydrogen) atoms. The number of benzene rings is 1. The molecule has 0 saturated carbocycles. The normalized spacial score (nSPS) is 20.5. The molecule has 1 N–H and O–H groups in total. The number of ether oxygens (including phenoxy) is 1. The maximum absolute atomic E-state index is 14.0. The zero-order valence-electron chi connectivity index (χ0n) is 11.8. The van der Waals surface area contributed by atoms with E-state index in [9.17, 15) is 4.39 Å². The van der Waals surface area contributed by atoms with E-state index in [4.69, 9.17) is 4.74 Å². The number of piperidine rings is 1. The van der Waals surface area contributed by atoms with E-state index in [1.54, 1.807) is 7.11 Å². The van der Waals surface area contributed by atoms with E-state index in [-0.39, 0.29) is 5.82 Å². The largest absolute Gasteiger partial charge is 0.497 e. The van der Waals surface area contributed by atoms with Crippen LogP contribution in [0.1, 0.15) is 24.8 Å². The molecule has 0 aliphatic carbocycles. The molecule has 0 spiro atoms. The highest BCUT2D eigenvalue weighted by atomic mass is 19.1. The van der Waals surface area contributed by atoms with Crippen LogP contribution in [0, 0.1) is 5.82 Å². The van der Waals surface area contributed by atoms with Gasteiger partial charge in [0.1, 0.15) is 11.6 Å². The fourth-order valence-electron chi connectivity index (χ4n) is 2.74. The van der Waals surface area contributed by atoms with Crippen molar-refractivity contribution < 1.29 is 9.13 Å². The van der Waals surface area contributed by atoms with Crippen molar-refractivity contribution in [2.24, 2.45) is 0 Å². The average Bonchev–Trinajstić information content (AvgIpc) is 2.43. The molecular formula is C15H23FN2O. The Bertz CT molecular complexity index is 409. The molecule has 1 aliphatic heterocycles. The number of likely N-dealkylation sites (N-methyl/N-ethyl adjacent to an activating group) is 1. The summed E-state index contributed by atoms with van der Waals surface area (Å²) in [4.78, 5) is 2.38. The summed E-state index contributed by atoms with van der Waals surface area (Å²) in [5.74, 6) is 0.403. The first-order chi connectivity index (χ1) is 9.24. The number of halogens is 1. The molecule has 0 amide bonds. The summed E-state index contributed by atoms with van der Waals surface area (Å²) >= 11 is 0. The first kappa shape index (κ1) is 14.3. The highest BCUT2D eigenvalue weighted by Crippen LogP contribution is 2.22. The van der Waals surface area contributed by atoms with Crippen LogP contribution in [-0.4, -0.2) is 38.2 Å². The van der Waals surface area contributed by atoms with Gasteiger partial charge in [-0.25, -0.2) is 4.39 Å². The van der Waals surface area contributed by atoms with Crippen LogP contribution in [0.4, 0.5) is 4.39 Å². The number of methoxy groups -OCH3 is 1. The molecule has 1 aromatic carbocycles. The summed E-state index contributed by atoms with van der Waals surface area (Å²) in [6, 6.07) is 5.64. The summed E-state index contributed by atoms with van der Waals surface area (Å²) in [6.07, 6.45) is 3.67. The maximum Gasteiger partial charge on any atom is 0.131 e. The number of hydrogen-bond donors (Lipinski definition) is 1. The fourth-order valence-corrected chi connectivity index (χ4v) is 2.74. The van der Waals surface area contributed by atoms with Gasteiger partial charge >= 0.3 is 0 Å². The lowest BCUT2D eigenvalue weighted by atomic mass is 10.0. The summed E-state index contributed by atoms with van der Waals surface area (Å²) < 4.78 is 19.0. The van der Waals surface area contributed by atoms with Crippen molar-refractivity contribution in [1.29, 1.82) is 0 Å². The first-order valence-corrected chi connectivity index (χ1v) is 6.95. The average molecular weight is 266 g/mol. The maximum atomic E-state index is 14.0. The Kier molecular flexibility index (Phi) is 5.16. The van der Waals surface area contributed by atoms with Gasteiger partial charge in [-0.1, -0.05) is 12.5 Å². The van der Waals surface area contributed by atoms with Gasteiger partial charge in [0, 0.05) is 30.8 Å². The predicted molar refractivity (Wildman–Crippen MR) is 74.9 cm³/mol. The molecule has 0 bridgehead atoms. The zero-order chi connectivity index (χ0) is 13.7. The monoisotopic (exact) mass is 266 g/mol. The number of nitrogens with one attached hydrogen (secondary N) is 1. The quantitative estimate of drug-likeness (QED) is 0.885. The van der Waals surface area contributed by atoms with Crippen molar-refractivity contribution >= 4 is 0 Å². The SMILES string of the molecule is CNCC1CCCCN1Cc1ccc(OC)cc1F. The molecule has 1 heterocycles. The van der Waals surface area contributed by atoms with Crippen molar-refractivity contribution in [3.05, 3.63) is 29.6 Å². The lowest BCUT2D eigenvalue weighted by Gasteiger charge is -2.35. The van der Waals surface area contributed by atoms with Crippen molar-refractivity contribution in [2.75, 3.05) is 27.2 Å². The molecule has 1 aliphatic rings. The third kappa shape index (κ3) is 3.67. The van der Waals surface area contributed by atoms with E-state index in [1.165, 1.54) is 25.3 Å². The number of nitrogens with zero attached hydrogens (tertiary/aromatic N) is 1. The third-order valence-corrected chi connectivity index (χ3v) is 3.82. The van der Waals surface area contributed by atoms with Gasteiger partial charge in [0.2, 0.25) is 0 Å². The molecular weight excluding hydrogens is 243 g/mol. The van der Waals surface area contributed by atoms with Crippen molar-refractivity contribution in [3.8, 4) is 5.75 Å². The second-order valence-corrected chi connectivity index (χ2v) is 5.14. The van der Waals surface area contributed by atoms with E-state index < -0.39 is 0 Å². The third-order valence-electron chi connectivity index (χ3n) is 3.82. The molecule has 106 valence electrons. The lowest BCUT2D eigenvalue weighted by Crippen LogP contribution is -2.44. The van der Waals surface area contributed by atoms with Crippen LogP contribution in [0.5, 0.6) is 5.75 Å². The molecule has 2 rings (SSSR count). The molecule has 0 aromatic heterocycles. The number of rotatable bonds is 5. The van der Waals surface area contributed by atoms with Gasteiger partial charge in [-0.15, -0.1) is 0 Å². The summed E-state index contributed by atoms with van der Waals surface area (Å²) in [5, 5.41) is 3.23. The van der Waals surface area contributed by atoms with E-state index in [2.05, 4.69) is 10.2 Å². The topological polar surface area (TPSA) is 24.5 Å². The number of likely N-dealkylation sites (tertiary alicyclic amines) is 1. The first-order valence-electron chi connectivity index (χ1n) is 6.95. The van der Waals surface area contributed by atoms with Gasteiger partial charge in [0.25, 0.3) is 0 Å². The Hall–Kier alpha value is -1.13. The van der Waals surface area contributed by atoms with Gasteiger partial charge in [-0.3, -0.25) is 4.90 Å². The summed E-state index contributed by atoms with van der Waals surface area (Å²) in [5.41, 5.74) is 0.754. The Morgan fingerprint density at radius 2 is 2.26 bits per heavy atom. The smallest absolute Gasteiger partial charge is 0.131 e. The van der Waals surface area contributed by atoms with Crippen LogP contribution in [0.2, 0.25) is 0 Å². The molecule has 1 atom stereocenters. The van der Waals surface area contributed by atoms with Crippen molar-refractivity contribution in [3.63, 3.8) is 0 Å². The van der Waals surface area contributed by atoms with Crippen LogP contribution >= 0.6 is 0 Å². The Morgan fingerprint density at radius 1 is 1.42 bits per heavy atom. The van der Waals surface area contributed by atoms with Crippen LogP contribution in [0.15, 0.2) is 18.2 Å². The van der Waals surface area contributed by atoms with Crippen LogP contribution in [0.3, 0.4) is 0 Å². The van der Waals surface area contributed by atoms with Gasteiger partial charge < -0.3 is 10.1 Å². The second kappa shape index (κ2) is 6.87. The Morgan fingerprint density at radius 3 is 2.95 bits per heavy atom. The van der Waals surface area contributed by atoms with E-state index in [0.717, 1.165) is 18.7 Å². The van der Waals surface area contributed by atoms with E-state index in [0.29, 0.717) is 18.3 Å².